The molecule has 0 amide bonds. The van der Waals surface area contributed by atoms with Crippen LogP contribution in [0.2, 0.25) is 0 Å². The number of furan rings is 1. The third kappa shape index (κ3) is 5.30. The van der Waals surface area contributed by atoms with Crippen molar-refractivity contribution in [1.82, 2.24) is 9.29 Å². The molecule has 34 heavy (non-hydrogen) atoms. The van der Waals surface area contributed by atoms with Crippen LogP contribution in [0.4, 0.5) is 8.78 Å². The number of aromatic nitrogens is 1. The van der Waals surface area contributed by atoms with Gasteiger partial charge in [0.1, 0.15) is 11.6 Å². The maximum atomic E-state index is 14.3. The van der Waals surface area contributed by atoms with E-state index in [0.29, 0.717) is 28.7 Å². The fraction of sp³-hybridized carbons (Fsp3) is 0.125. The Morgan fingerprint density at radius 2 is 1.85 bits per heavy atom. The summed E-state index contributed by atoms with van der Waals surface area (Å²) in [6, 6.07) is 11.3. The number of aryl methyl sites for hydroxylation is 1. The van der Waals surface area contributed by atoms with Crippen LogP contribution >= 0.6 is 0 Å². The Bertz CT molecular complexity index is 1400. The van der Waals surface area contributed by atoms with E-state index >= 15 is 0 Å². The minimum Gasteiger partial charge on any atom is -0.760 e. The number of ether oxygens (including phenoxy) is 1. The van der Waals surface area contributed by atoms with Crippen LogP contribution in [0.25, 0.3) is 22.3 Å². The van der Waals surface area contributed by atoms with Gasteiger partial charge in [-0.05, 0) is 47.9 Å². The predicted octanol–water partition coefficient (Wildman–Crippen LogP) is 4.31. The van der Waals surface area contributed by atoms with E-state index in [-0.39, 0.29) is 23.6 Å². The fourth-order valence-electron chi connectivity index (χ4n) is 3.49. The molecule has 0 aliphatic rings. The highest BCUT2D eigenvalue weighted by atomic mass is 32.2. The molecule has 1 unspecified atom stereocenters. The van der Waals surface area contributed by atoms with Gasteiger partial charge < -0.3 is 18.3 Å². The summed E-state index contributed by atoms with van der Waals surface area (Å²) in [6.07, 6.45) is 4.98. The molecule has 2 aromatic carbocycles. The van der Waals surface area contributed by atoms with Gasteiger partial charge in [-0.1, -0.05) is 6.07 Å². The lowest BCUT2D eigenvalue weighted by atomic mass is 9.95. The molecule has 0 aliphatic heterocycles. The van der Waals surface area contributed by atoms with Gasteiger partial charge in [-0.2, -0.15) is 0 Å². The Labute approximate surface area is 196 Å². The fourth-order valence-corrected chi connectivity index (χ4v) is 3.76. The average molecular weight is 485 g/mol. The molecular formula is C24H19F2N2O5S-. The molecule has 0 bridgehead atoms. The van der Waals surface area contributed by atoms with Crippen LogP contribution in [0.15, 0.2) is 76.5 Å². The largest absolute Gasteiger partial charge is 0.760 e. The van der Waals surface area contributed by atoms with Crippen molar-refractivity contribution in [2.75, 3.05) is 6.54 Å². The van der Waals surface area contributed by atoms with E-state index in [9.17, 15) is 22.3 Å². The highest BCUT2D eigenvalue weighted by Gasteiger charge is 2.18. The van der Waals surface area contributed by atoms with Gasteiger partial charge in [0.15, 0.2) is 11.6 Å². The molecule has 7 nitrogen and oxygen atoms in total. The van der Waals surface area contributed by atoms with Crippen molar-refractivity contribution in [2.24, 2.45) is 7.05 Å². The predicted molar refractivity (Wildman–Crippen MR) is 122 cm³/mol. The number of pyridine rings is 1. The topological polar surface area (TPSA) is 96.5 Å². The molecule has 2 heterocycles. The molecule has 4 aromatic rings. The third-order valence-corrected chi connectivity index (χ3v) is 5.58. The van der Waals surface area contributed by atoms with Crippen LogP contribution in [0.5, 0.6) is 11.5 Å². The summed E-state index contributed by atoms with van der Waals surface area (Å²) in [5.41, 5.74) is 2.87. The Hall–Kier alpha value is -3.60. The maximum Gasteiger partial charge on any atom is 0.250 e. The highest BCUT2D eigenvalue weighted by molar-refractivity contribution is 7.77. The van der Waals surface area contributed by atoms with Crippen molar-refractivity contribution in [3.05, 3.63) is 94.8 Å². The van der Waals surface area contributed by atoms with E-state index in [1.165, 1.54) is 29.2 Å². The first-order chi connectivity index (χ1) is 16.3. The summed E-state index contributed by atoms with van der Waals surface area (Å²) in [7, 11) is 1.60. The van der Waals surface area contributed by atoms with Gasteiger partial charge in [0.25, 0.3) is 5.56 Å². The van der Waals surface area contributed by atoms with Crippen LogP contribution in [-0.4, -0.2) is 19.9 Å². The summed E-state index contributed by atoms with van der Waals surface area (Å²) in [5.74, 6) is -1.51. The minimum absolute atomic E-state index is 0.171. The molecule has 0 fully saturated rings. The van der Waals surface area contributed by atoms with E-state index in [2.05, 4.69) is 4.72 Å². The monoisotopic (exact) mass is 485 g/mol. The van der Waals surface area contributed by atoms with Crippen LogP contribution in [0, 0.1) is 11.6 Å². The Balaban J connectivity index is 1.85. The first-order valence-corrected chi connectivity index (χ1v) is 11.2. The molecule has 4 rings (SSSR count). The summed E-state index contributed by atoms with van der Waals surface area (Å²) in [4.78, 5) is 12.4. The van der Waals surface area contributed by atoms with Crippen molar-refractivity contribution in [3.63, 3.8) is 0 Å². The molecule has 0 saturated carbocycles. The number of hydrogen-bond donors (Lipinski definition) is 1. The van der Waals surface area contributed by atoms with Crippen molar-refractivity contribution in [1.29, 1.82) is 0 Å². The molecule has 1 N–H and O–H groups in total. The van der Waals surface area contributed by atoms with E-state index in [0.717, 1.165) is 17.7 Å². The zero-order valence-electron chi connectivity index (χ0n) is 17.9. The molecule has 0 spiro atoms. The summed E-state index contributed by atoms with van der Waals surface area (Å²) < 4.78 is 64.0. The van der Waals surface area contributed by atoms with Crippen LogP contribution < -0.4 is 15.0 Å². The minimum atomic E-state index is -2.39. The molecule has 1 atom stereocenters. The van der Waals surface area contributed by atoms with Gasteiger partial charge in [-0.25, -0.2) is 13.5 Å². The molecule has 10 heteroatoms. The molecule has 176 valence electrons. The standard InChI is InChI=1S/C24H20F2N2O5S/c1-28-13-20(18(12-24(28)29)16-7-9-32-14-16)19-10-15(6-8-27-34(30)31)2-4-22(19)33-23-5-3-17(25)11-21(23)26/h2-5,7,9-14,27H,6,8H2,1H3,(H,30,31)/p-1. The lowest BCUT2D eigenvalue weighted by molar-refractivity contribution is 0.439. The van der Waals surface area contributed by atoms with Gasteiger partial charge in [-0.15, -0.1) is 0 Å². The van der Waals surface area contributed by atoms with Crippen LogP contribution in [0.1, 0.15) is 5.56 Å². The Morgan fingerprint density at radius 3 is 2.56 bits per heavy atom. The highest BCUT2D eigenvalue weighted by Crippen LogP contribution is 2.39. The first-order valence-electron chi connectivity index (χ1n) is 10.1. The third-order valence-electron chi connectivity index (χ3n) is 5.14. The molecule has 0 saturated heterocycles. The quantitative estimate of drug-likeness (QED) is 0.375. The number of benzene rings is 2. The van der Waals surface area contributed by atoms with Gasteiger partial charge in [0.05, 0.1) is 12.5 Å². The van der Waals surface area contributed by atoms with Gasteiger partial charge >= 0.3 is 0 Å². The second-order valence-electron chi connectivity index (χ2n) is 7.45. The van der Waals surface area contributed by atoms with E-state index in [1.807, 2.05) is 0 Å². The van der Waals surface area contributed by atoms with Crippen molar-refractivity contribution in [2.45, 2.75) is 6.42 Å². The molecule has 2 aromatic heterocycles. The van der Waals surface area contributed by atoms with Crippen molar-refractivity contribution >= 4 is 11.3 Å². The molecule has 0 aliphatic carbocycles. The number of nitrogens with zero attached hydrogens (tertiary/aromatic N) is 1. The van der Waals surface area contributed by atoms with Crippen molar-refractivity contribution in [3.8, 4) is 33.8 Å². The number of nitrogens with one attached hydrogen (secondary N) is 1. The Kier molecular flexibility index (Phi) is 7.01. The summed E-state index contributed by atoms with van der Waals surface area (Å²) in [6.45, 7) is 0.171. The zero-order valence-corrected chi connectivity index (χ0v) is 18.7. The van der Waals surface area contributed by atoms with Gasteiger partial charge in [0, 0.05) is 59.9 Å². The average Bonchev–Trinajstić information content (AvgIpc) is 3.32. The zero-order chi connectivity index (χ0) is 24.2. The van der Waals surface area contributed by atoms with Crippen LogP contribution in [-0.2, 0) is 24.7 Å². The summed E-state index contributed by atoms with van der Waals surface area (Å²) in [5, 5.41) is 0. The SMILES string of the molecule is Cn1cc(-c2cc(CCNS(=O)[O-])ccc2Oc2ccc(F)cc2F)c(-c2ccoc2)cc1=O. The van der Waals surface area contributed by atoms with E-state index in [1.54, 1.807) is 37.5 Å². The summed E-state index contributed by atoms with van der Waals surface area (Å²) >= 11 is -2.39. The first kappa shape index (κ1) is 23.6. The van der Waals surface area contributed by atoms with E-state index < -0.39 is 22.9 Å². The second-order valence-corrected chi connectivity index (χ2v) is 8.21. The van der Waals surface area contributed by atoms with Gasteiger partial charge in [-0.3, -0.25) is 9.00 Å². The lowest BCUT2D eigenvalue weighted by Crippen LogP contribution is -2.19. The number of hydrogen-bond acceptors (Lipinski definition) is 5. The van der Waals surface area contributed by atoms with Gasteiger partial charge in [0.2, 0.25) is 0 Å². The lowest BCUT2D eigenvalue weighted by Gasteiger charge is -2.17. The molecule has 0 radical (unpaired) electrons. The number of rotatable bonds is 8. The Morgan fingerprint density at radius 1 is 1.06 bits per heavy atom. The molecular weight excluding hydrogens is 466 g/mol. The second kappa shape index (κ2) is 10.1. The van der Waals surface area contributed by atoms with Crippen LogP contribution in [0.3, 0.4) is 0 Å². The van der Waals surface area contributed by atoms with E-state index in [4.69, 9.17) is 9.15 Å². The maximum absolute atomic E-state index is 14.3. The van der Waals surface area contributed by atoms with Crippen molar-refractivity contribution < 1.29 is 26.7 Å². The smallest absolute Gasteiger partial charge is 0.250 e. The number of halogens is 2. The normalized spacial score (nSPS) is 12.0.